The molecule has 0 fully saturated rings. The highest BCUT2D eigenvalue weighted by Crippen LogP contribution is 1.93. The van der Waals surface area contributed by atoms with Gasteiger partial charge in [0.25, 0.3) is 0 Å². The van der Waals surface area contributed by atoms with Gasteiger partial charge in [-0.3, -0.25) is 0 Å². The molecule has 0 aromatic heterocycles. The van der Waals surface area contributed by atoms with Crippen LogP contribution in [-0.4, -0.2) is 51.1 Å². The van der Waals surface area contributed by atoms with E-state index in [1.165, 1.54) is 4.90 Å². The van der Waals surface area contributed by atoms with Crippen LogP contribution in [0.25, 0.3) is 0 Å². The van der Waals surface area contributed by atoms with Crippen molar-refractivity contribution in [1.82, 2.24) is 4.90 Å². The summed E-state index contributed by atoms with van der Waals surface area (Å²) >= 11 is 0. The number of hydrogen-bond acceptors (Lipinski definition) is 3. The summed E-state index contributed by atoms with van der Waals surface area (Å²) in [5.41, 5.74) is 0. The molecule has 5 heteroatoms. The lowest BCUT2D eigenvalue weighted by atomic mass is 10.5. The third-order valence-electron chi connectivity index (χ3n) is 1.51. The molecule has 0 spiro atoms. The fraction of sp³-hybridized carbons (Fsp3) is 0.875. The van der Waals surface area contributed by atoms with E-state index in [1.54, 1.807) is 7.11 Å². The van der Waals surface area contributed by atoms with Crippen molar-refractivity contribution >= 4 is 6.09 Å². The lowest BCUT2D eigenvalue weighted by Crippen LogP contribution is -2.34. The second-order valence-corrected chi connectivity index (χ2v) is 2.38. The maximum Gasteiger partial charge on any atom is 0.409 e. The first kappa shape index (κ1) is 12.2. The number of likely N-dealkylation sites (N-methyl/N-ethyl adjacent to an activating group) is 1. The van der Waals surface area contributed by atoms with Crippen molar-refractivity contribution in [3.63, 3.8) is 0 Å². The van der Waals surface area contributed by atoms with Gasteiger partial charge < -0.3 is 14.4 Å². The van der Waals surface area contributed by atoms with Crippen LogP contribution in [0.1, 0.15) is 6.92 Å². The van der Waals surface area contributed by atoms with E-state index < -0.39 is 12.8 Å². The SMILES string of the molecule is CCN(CCOC)C(=O)OCCF. The molecule has 0 N–H and O–H groups in total. The fourth-order valence-corrected chi connectivity index (χ4v) is 0.797. The third kappa shape index (κ3) is 5.41. The normalized spacial score (nSPS) is 9.77. The zero-order valence-corrected chi connectivity index (χ0v) is 8.09. The molecule has 0 unspecified atom stereocenters. The van der Waals surface area contributed by atoms with E-state index in [4.69, 9.17) is 4.74 Å². The number of halogens is 1. The number of ether oxygens (including phenoxy) is 2. The van der Waals surface area contributed by atoms with Gasteiger partial charge in [0.2, 0.25) is 0 Å². The Morgan fingerprint density at radius 1 is 1.46 bits per heavy atom. The highest BCUT2D eigenvalue weighted by molar-refractivity contribution is 5.67. The number of carbonyl (C=O) groups is 1. The smallest absolute Gasteiger partial charge is 0.409 e. The van der Waals surface area contributed by atoms with Crippen LogP contribution in [0.2, 0.25) is 0 Å². The summed E-state index contributed by atoms with van der Waals surface area (Å²) < 4.78 is 21.1. The number of methoxy groups -OCH3 is 1. The van der Waals surface area contributed by atoms with Gasteiger partial charge in [-0.05, 0) is 6.92 Å². The molecule has 0 radical (unpaired) electrons. The monoisotopic (exact) mass is 193 g/mol. The van der Waals surface area contributed by atoms with E-state index in [0.29, 0.717) is 19.7 Å². The van der Waals surface area contributed by atoms with Crippen LogP contribution in [-0.2, 0) is 9.47 Å². The molecule has 0 saturated carbocycles. The van der Waals surface area contributed by atoms with Crippen molar-refractivity contribution in [2.45, 2.75) is 6.92 Å². The standard InChI is InChI=1S/C8H16FNO3/c1-3-10(5-7-12-2)8(11)13-6-4-9/h3-7H2,1-2H3. The van der Waals surface area contributed by atoms with Crippen molar-refractivity contribution in [2.75, 3.05) is 40.1 Å². The minimum atomic E-state index is -0.645. The van der Waals surface area contributed by atoms with Gasteiger partial charge in [0.05, 0.1) is 6.61 Å². The lowest BCUT2D eigenvalue weighted by molar-refractivity contribution is 0.0849. The number of amides is 1. The average Bonchev–Trinajstić information content (AvgIpc) is 2.16. The Bertz CT molecular complexity index is 143. The Morgan fingerprint density at radius 2 is 2.15 bits per heavy atom. The molecule has 1 amide bonds. The highest BCUT2D eigenvalue weighted by atomic mass is 19.1. The predicted octanol–water partition coefficient (Wildman–Crippen LogP) is 1.06. The Hall–Kier alpha value is -0.840. The Kier molecular flexibility index (Phi) is 7.29. The molecule has 0 atom stereocenters. The zero-order chi connectivity index (χ0) is 10.1. The van der Waals surface area contributed by atoms with Crippen LogP contribution in [0.4, 0.5) is 9.18 Å². The number of rotatable bonds is 6. The second-order valence-electron chi connectivity index (χ2n) is 2.38. The van der Waals surface area contributed by atoms with Crippen LogP contribution in [0, 0.1) is 0 Å². The molecule has 4 nitrogen and oxygen atoms in total. The molecule has 0 aliphatic rings. The molecule has 0 bridgehead atoms. The first-order valence-electron chi connectivity index (χ1n) is 4.22. The van der Waals surface area contributed by atoms with E-state index in [1.807, 2.05) is 6.92 Å². The topological polar surface area (TPSA) is 38.8 Å². The third-order valence-corrected chi connectivity index (χ3v) is 1.51. The van der Waals surface area contributed by atoms with E-state index in [9.17, 15) is 9.18 Å². The molecule has 0 saturated heterocycles. The van der Waals surface area contributed by atoms with Crippen LogP contribution in [0.3, 0.4) is 0 Å². The van der Waals surface area contributed by atoms with Gasteiger partial charge >= 0.3 is 6.09 Å². The van der Waals surface area contributed by atoms with Crippen molar-refractivity contribution in [2.24, 2.45) is 0 Å². The van der Waals surface area contributed by atoms with Gasteiger partial charge in [0.1, 0.15) is 13.3 Å². The summed E-state index contributed by atoms with van der Waals surface area (Å²) in [6.45, 7) is 2.47. The first-order valence-corrected chi connectivity index (χ1v) is 4.22. The van der Waals surface area contributed by atoms with Gasteiger partial charge in [-0.25, -0.2) is 9.18 Å². The average molecular weight is 193 g/mol. The van der Waals surface area contributed by atoms with Crippen molar-refractivity contribution in [3.05, 3.63) is 0 Å². The molecular formula is C8H16FNO3. The largest absolute Gasteiger partial charge is 0.447 e. The Balaban J connectivity index is 3.71. The van der Waals surface area contributed by atoms with Crippen molar-refractivity contribution < 1.29 is 18.7 Å². The molecule has 0 aliphatic heterocycles. The maximum atomic E-state index is 11.7. The van der Waals surface area contributed by atoms with E-state index in [2.05, 4.69) is 4.74 Å². The van der Waals surface area contributed by atoms with Gasteiger partial charge in [-0.1, -0.05) is 0 Å². The minimum Gasteiger partial charge on any atom is -0.447 e. The molecule has 78 valence electrons. The fourth-order valence-electron chi connectivity index (χ4n) is 0.797. The van der Waals surface area contributed by atoms with E-state index in [0.717, 1.165) is 0 Å². The summed E-state index contributed by atoms with van der Waals surface area (Å²) in [4.78, 5) is 12.6. The summed E-state index contributed by atoms with van der Waals surface area (Å²) in [6, 6.07) is 0. The lowest BCUT2D eigenvalue weighted by Gasteiger charge is -2.19. The molecule has 0 heterocycles. The number of hydrogen-bond donors (Lipinski definition) is 0. The maximum absolute atomic E-state index is 11.7. The van der Waals surface area contributed by atoms with Crippen LogP contribution in [0.5, 0.6) is 0 Å². The summed E-state index contributed by atoms with van der Waals surface area (Å²) in [5.74, 6) is 0. The molecule has 0 rings (SSSR count). The van der Waals surface area contributed by atoms with Crippen LogP contribution < -0.4 is 0 Å². The quantitative estimate of drug-likeness (QED) is 0.633. The van der Waals surface area contributed by atoms with Gasteiger partial charge in [0, 0.05) is 20.2 Å². The molecule has 0 aromatic rings. The van der Waals surface area contributed by atoms with Crippen molar-refractivity contribution in [1.29, 1.82) is 0 Å². The van der Waals surface area contributed by atoms with E-state index >= 15 is 0 Å². The Labute approximate surface area is 77.6 Å². The zero-order valence-electron chi connectivity index (χ0n) is 8.09. The Morgan fingerprint density at radius 3 is 2.62 bits per heavy atom. The molecule has 0 aromatic carbocycles. The molecule has 0 aliphatic carbocycles. The van der Waals surface area contributed by atoms with Crippen LogP contribution in [0.15, 0.2) is 0 Å². The minimum absolute atomic E-state index is 0.178. The number of nitrogens with zero attached hydrogens (tertiary/aromatic N) is 1. The second kappa shape index (κ2) is 7.79. The summed E-state index contributed by atoms with van der Waals surface area (Å²) in [5, 5.41) is 0. The van der Waals surface area contributed by atoms with Crippen molar-refractivity contribution in [3.8, 4) is 0 Å². The predicted molar refractivity (Wildman–Crippen MR) is 46.4 cm³/mol. The first-order chi connectivity index (χ1) is 6.26. The van der Waals surface area contributed by atoms with Gasteiger partial charge in [-0.15, -0.1) is 0 Å². The van der Waals surface area contributed by atoms with Gasteiger partial charge in [0.15, 0.2) is 0 Å². The summed E-state index contributed by atoms with van der Waals surface area (Å²) in [6.07, 6.45) is -0.489. The summed E-state index contributed by atoms with van der Waals surface area (Å²) in [7, 11) is 1.56. The molecular weight excluding hydrogens is 177 g/mol. The van der Waals surface area contributed by atoms with Gasteiger partial charge in [-0.2, -0.15) is 0 Å². The highest BCUT2D eigenvalue weighted by Gasteiger charge is 2.11. The van der Waals surface area contributed by atoms with E-state index in [-0.39, 0.29) is 6.61 Å². The van der Waals surface area contributed by atoms with Crippen LogP contribution >= 0.6 is 0 Å². The number of carbonyl (C=O) groups excluding carboxylic acids is 1. The number of alkyl halides is 1. The molecule has 13 heavy (non-hydrogen) atoms.